The zero-order valence-electron chi connectivity index (χ0n) is 15.5. The van der Waals surface area contributed by atoms with E-state index in [1.54, 1.807) is 6.07 Å². The van der Waals surface area contributed by atoms with Gasteiger partial charge in [-0.1, -0.05) is 34.6 Å². The van der Waals surface area contributed by atoms with Crippen molar-refractivity contribution >= 4 is 6.15 Å². The van der Waals surface area contributed by atoms with Crippen LogP contribution in [0.3, 0.4) is 0 Å². The number of nitrogens with zero attached hydrogens (tertiary/aromatic N) is 1. The number of rotatable bonds is 3. The molecule has 1 heterocycles. The number of carbonyl (C=O) groups excluding carboxylic acids is 2. The van der Waals surface area contributed by atoms with Crippen LogP contribution < -0.4 is 0 Å². The summed E-state index contributed by atoms with van der Waals surface area (Å²) < 4.78 is 42.0. The largest absolute Gasteiger partial charge is 0.373 e. The first-order valence-electron chi connectivity index (χ1n) is 8.13. The summed E-state index contributed by atoms with van der Waals surface area (Å²) in [5.41, 5.74) is 2.03. The first-order valence-corrected chi connectivity index (χ1v) is 8.13. The number of halogens is 3. The lowest BCUT2D eigenvalue weighted by atomic mass is 9.80. The van der Waals surface area contributed by atoms with Crippen LogP contribution in [-0.2, 0) is 16.0 Å². The van der Waals surface area contributed by atoms with E-state index in [0.29, 0.717) is 23.1 Å². The molecule has 0 aliphatic carbocycles. The van der Waals surface area contributed by atoms with Gasteiger partial charge < -0.3 is 0 Å². The molecule has 2 aromatic rings. The van der Waals surface area contributed by atoms with E-state index in [4.69, 9.17) is 9.59 Å². The Hall–Kier alpha value is -2.46. The molecule has 1 aromatic carbocycles. The molecule has 0 aliphatic rings. The summed E-state index contributed by atoms with van der Waals surface area (Å²) in [5.74, 6) is -2.52. The van der Waals surface area contributed by atoms with E-state index in [0.717, 1.165) is 11.6 Å². The average molecular weight is 365 g/mol. The van der Waals surface area contributed by atoms with Crippen LogP contribution in [0, 0.1) is 23.0 Å². The molecule has 140 valence electrons. The van der Waals surface area contributed by atoms with Gasteiger partial charge in [-0.05, 0) is 52.1 Å². The van der Waals surface area contributed by atoms with Crippen molar-refractivity contribution in [2.24, 2.45) is 5.41 Å². The second-order valence-electron chi connectivity index (χ2n) is 7.45. The highest BCUT2D eigenvalue weighted by molar-refractivity contribution is 5.69. The van der Waals surface area contributed by atoms with Crippen molar-refractivity contribution < 1.29 is 22.8 Å². The molecular formula is C20H22F3NO2. The summed E-state index contributed by atoms with van der Waals surface area (Å²) in [5, 5.41) is 0. The van der Waals surface area contributed by atoms with Gasteiger partial charge in [0.2, 0.25) is 5.95 Å². The lowest BCUT2D eigenvalue weighted by Crippen LogP contribution is -2.15. The second kappa shape index (κ2) is 8.77. The summed E-state index contributed by atoms with van der Waals surface area (Å²) in [6.07, 6.45) is 2.15. The Labute approximate surface area is 151 Å². The Morgan fingerprint density at radius 3 is 2.15 bits per heavy atom. The quantitative estimate of drug-likeness (QED) is 0.694. The molecule has 0 spiro atoms. The molecule has 0 bridgehead atoms. The minimum atomic E-state index is -0.904. The molecule has 2 rings (SSSR count). The lowest BCUT2D eigenvalue weighted by Gasteiger charge is -2.25. The minimum Gasteiger partial charge on any atom is -0.228 e. The highest BCUT2D eigenvalue weighted by Gasteiger charge is 2.25. The van der Waals surface area contributed by atoms with Gasteiger partial charge >= 0.3 is 6.15 Å². The van der Waals surface area contributed by atoms with Gasteiger partial charge in [0.1, 0.15) is 0 Å². The zero-order chi connectivity index (χ0) is 20.1. The summed E-state index contributed by atoms with van der Waals surface area (Å²) in [6, 6.07) is 4.03. The SMILES string of the molecule is CC(C)c1c(F)c(F)cc(-c2ccnc(F)c2)c1CC(C)(C)C.O=C=O. The highest BCUT2D eigenvalue weighted by atomic mass is 19.2. The Balaban J connectivity index is 0.00000105. The normalized spacial score (nSPS) is 11.0. The van der Waals surface area contributed by atoms with Crippen LogP contribution in [0.4, 0.5) is 13.2 Å². The summed E-state index contributed by atoms with van der Waals surface area (Å²) in [4.78, 5) is 19.8. The zero-order valence-corrected chi connectivity index (χ0v) is 15.5. The van der Waals surface area contributed by atoms with Crippen LogP contribution in [0.5, 0.6) is 0 Å². The standard InChI is InChI=1S/C19H22F3N.CO2/c1-11(2)17-14(10-19(3,4)5)13(9-15(20)18(17)22)12-6-7-23-16(21)8-12;2-1-3/h6-9,11H,10H2,1-5H3;. The number of benzene rings is 1. The van der Waals surface area contributed by atoms with Crippen LogP contribution in [0.1, 0.15) is 51.7 Å². The smallest absolute Gasteiger partial charge is 0.228 e. The van der Waals surface area contributed by atoms with Gasteiger partial charge in [-0.2, -0.15) is 14.0 Å². The molecule has 0 amide bonds. The van der Waals surface area contributed by atoms with Crippen LogP contribution in [0.25, 0.3) is 11.1 Å². The van der Waals surface area contributed by atoms with Crippen molar-refractivity contribution in [2.45, 2.75) is 47.0 Å². The first-order chi connectivity index (χ1) is 12.0. The molecule has 6 heteroatoms. The van der Waals surface area contributed by atoms with Crippen molar-refractivity contribution in [1.29, 1.82) is 0 Å². The number of pyridine rings is 1. The maximum absolute atomic E-state index is 14.4. The lowest BCUT2D eigenvalue weighted by molar-refractivity contribution is -0.191. The van der Waals surface area contributed by atoms with Gasteiger partial charge in [0, 0.05) is 12.3 Å². The molecule has 3 nitrogen and oxygen atoms in total. The van der Waals surface area contributed by atoms with Crippen LogP contribution in [-0.4, -0.2) is 11.1 Å². The van der Waals surface area contributed by atoms with E-state index in [2.05, 4.69) is 4.98 Å². The van der Waals surface area contributed by atoms with E-state index in [1.807, 2.05) is 34.6 Å². The average Bonchev–Trinajstić information content (AvgIpc) is 2.50. The molecule has 0 unspecified atom stereocenters. The number of hydrogen-bond donors (Lipinski definition) is 0. The molecule has 0 atom stereocenters. The van der Waals surface area contributed by atoms with Crippen molar-refractivity contribution in [1.82, 2.24) is 4.98 Å². The minimum absolute atomic E-state index is 0.117. The fourth-order valence-corrected chi connectivity index (χ4v) is 2.83. The van der Waals surface area contributed by atoms with Gasteiger partial charge in [0.15, 0.2) is 11.6 Å². The van der Waals surface area contributed by atoms with Crippen LogP contribution >= 0.6 is 0 Å². The Morgan fingerprint density at radius 2 is 1.69 bits per heavy atom. The molecule has 0 radical (unpaired) electrons. The summed E-state index contributed by atoms with van der Waals surface area (Å²) >= 11 is 0. The molecule has 26 heavy (non-hydrogen) atoms. The fraction of sp³-hybridized carbons (Fsp3) is 0.400. The van der Waals surface area contributed by atoms with Crippen LogP contribution in [0.15, 0.2) is 24.4 Å². The molecule has 1 aromatic heterocycles. The third-order valence-electron chi connectivity index (χ3n) is 3.69. The van der Waals surface area contributed by atoms with E-state index >= 15 is 0 Å². The third-order valence-corrected chi connectivity index (χ3v) is 3.69. The second-order valence-corrected chi connectivity index (χ2v) is 7.45. The first kappa shape index (κ1) is 21.6. The van der Waals surface area contributed by atoms with Gasteiger partial charge in [-0.3, -0.25) is 0 Å². The molecule has 0 aliphatic heterocycles. The Bertz CT molecular complexity index is 805. The molecule has 0 N–H and O–H groups in total. The van der Waals surface area contributed by atoms with E-state index in [9.17, 15) is 13.2 Å². The number of hydrogen-bond acceptors (Lipinski definition) is 3. The topological polar surface area (TPSA) is 47.0 Å². The van der Waals surface area contributed by atoms with E-state index in [-0.39, 0.29) is 17.5 Å². The highest BCUT2D eigenvalue weighted by Crippen LogP contribution is 2.37. The molecule has 0 saturated heterocycles. The van der Waals surface area contributed by atoms with Gasteiger partial charge in [-0.15, -0.1) is 0 Å². The predicted octanol–water partition coefficient (Wildman–Crippen LogP) is 5.29. The van der Waals surface area contributed by atoms with E-state index in [1.165, 1.54) is 12.3 Å². The summed E-state index contributed by atoms with van der Waals surface area (Å²) in [6.45, 7) is 9.78. The number of aromatic nitrogens is 1. The van der Waals surface area contributed by atoms with Crippen LogP contribution in [0.2, 0.25) is 0 Å². The van der Waals surface area contributed by atoms with Crippen molar-refractivity contribution in [2.75, 3.05) is 0 Å². The van der Waals surface area contributed by atoms with Crippen molar-refractivity contribution in [3.63, 3.8) is 0 Å². The summed E-state index contributed by atoms with van der Waals surface area (Å²) in [7, 11) is 0. The molecular weight excluding hydrogens is 343 g/mol. The van der Waals surface area contributed by atoms with E-state index < -0.39 is 17.6 Å². The predicted molar refractivity (Wildman–Crippen MR) is 91.8 cm³/mol. The fourth-order valence-electron chi connectivity index (χ4n) is 2.83. The van der Waals surface area contributed by atoms with Gasteiger partial charge in [0.05, 0.1) is 0 Å². The Kier molecular flexibility index (Phi) is 7.28. The Morgan fingerprint density at radius 1 is 1.12 bits per heavy atom. The maximum Gasteiger partial charge on any atom is 0.373 e. The van der Waals surface area contributed by atoms with Crippen molar-refractivity contribution in [3.8, 4) is 11.1 Å². The van der Waals surface area contributed by atoms with Gasteiger partial charge in [0.25, 0.3) is 0 Å². The molecule has 0 fully saturated rings. The van der Waals surface area contributed by atoms with Crippen molar-refractivity contribution in [3.05, 3.63) is 53.1 Å². The third kappa shape index (κ3) is 5.53. The monoisotopic (exact) mass is 365 g/mol. The molecule has 0 saturated carbocycles. The van der Waals surface area contributed by atoms with Gasteiger partial charge in [-0.25, -0.2) is 13.8 Å². The maximum atomic E-state index is 14.4.